The van der Waals surface area contributed by atoms with Crippen molar-refractivity contribution >= 4 is 41.8 Å². The summed E-state index contributed by atoms with van der Waals surface area (Å²) in [6, 6.07) is 5.95. The molecule has 0 heterocycles. The Morgan fingerprint density at radius 2 is 2.00 bits per heavy atom. The van der Waals surface area contributed by atoms with E-state index in [9.17, 15) is 4.79 Å². The Hall–Kier alpha value is -0.363. The van der Waals surface area contributed by atoms with Gasteiger partial charge in [-0.25, -0.2) is 4.79 Å². The smallest absolute Gasteiger partial charge is 0.337 e. The molecule has 0 saturated heterocycles. The lowest BCUT2D eigenvalue weighted by molar-refractivity contribution is 0.0528. The molecule has 0 N–H and O–H groups in total. The van der Waals surface area contributed by atoms with Crippen LogP contribution in [-0.2, 0) is 4.74 Å². The Morgan fingerprint density at radius 3 is 2.50 bits per heavy atom. The number of hydrogen-bond acceptors (Lipinski definition) is 2. The van der Waals surface area contributed by atoms with Crippen LogP contribution in [0.25, 0.3) is 0 Å². The van der Waals surface area contributed by atoms with Crippen molar-refractivity contribution in [3.8, 4) is 0 Å². The molecule has 0 aromatic heterocycles. The van der Waals surface area contributed by atoms with Crippen LogP contribution < -0.4 is 5.19 Å². The number of halogens is 1. The molecule has 0 bridgehead atoms. The second kappa shape index (κ2) is 5.31. The lowest BCUT2D eigenvalue weighted by Gasteiger charge is -2.20. The first-order valence-corrected chi connectivity index (χ1v) is 9.91. The highest BCUT2D eigenvalue weighted by Crippen LogP contribution is 2.12. The highest BCUT2D eigenvalue weighted by molar-refractivity contribution is 14.1. The van der Waals surface area contributed by atoms with Crippen molar-refractivity contribution in [3.05, 3.63) is 27.3 Å². The van der Waals surface area contributed by atoms with Gasteiger partial charge in [0, 0.05) is 3.57 Å². The molecule has 0 saturated carbocycles. The van der Waals surface area contributed by atoms with Crippen LogP contribution >= 0.6 is 22.6 Å². The van der Waals surface area contributed by atoms with Gasteiger partial charge in [0.2, 0.25) is 0 Å². The highest BCUT2D eigenvalue weighted by Gasteiger charge is 2.24. The van der Waals surface area contributed by atoms with Gasteiger partial charge >= 0.3 is 5.97 Å². The average molecular weight is 348 g/mol. The van der Waals surface area contributed by atoms with Crippen molar-refractivity contribution in [2.24, 2.45) is 0 Å². The summed E-state index contributed by atoms with van der Waals surface area (Å²) in [6.45, 7) is 8.97. The average Bonchev–Trinajstić information content (AvgIpc) is 2.16. The summed E-state index contributed by atoms with van der Waals surface area (Å²) in [4.78, 5) is 11.8. The third-order valence-electron chi connectivity index (χ3n) is 2.28. The summed E-state index contributed by atoms with van der Waals surface area (Å²) < 4.78 is 6.25. The first-order chi connectivity index (χ1) is 7.36. The molecule has 0 aliphatic heterocycles. The van der Waals surface area contributed by atoms with Crippen LogP contribution in [0.3, 0.4) is 0 Å². The number of benzene rings is 1. The van der Waals surface area contributed by atoms with E-state index >= 15 is 0 Å². The van der Waals surface area contributed by atoms with E-state index in [0.29, 0.717) is 6.61 Å². The van der Waals surface area contributed by atoms with Gasteiger partial charge in [0.05, 0.1) is 20.2 Å². The normalized spacial score (nSPS) is 11.3. The Labute approximate surface area is 112 Å². The van der Waals surface area contributed by atoms with Crippen LogP contribution in [0.5, 0.6) is 0 Å². The fourth-order valence-electron chi connectivity index (χ4n) is 1.52. The van der Waals surface area contributed by atoms with Crippen LogP contribution in [0.4, 0.5) is 0 Å². The van der Waals surface area contributed by atoms with E-state index < -0.39 is 8.07 Å². The summed E-state index contributed by atoms with van der Waals surface area (Å²) in [6.07, 6.45) is 0. The number of hydrogen-bond donors (Lipinski definition) is 0. The molecule has 0 radical (unpaired) electrons. The third kappa shape index (κ3) is 3.31. The maximum atomic E-state index is 11.8. The summed E-state index contributed by atoms with van der Waals surface area (Å²) in [5.41, 5.74) is 0.737. The summed E-state index contributed by atoms with van der Waals surface area (Å²) in [7, 11) is -1.51. The van der Waals surface area contributed by atoms with Crippen molar-refractivity contribution in [2.45, 2.75) is 26.6 Å². The molecule has 16 heavy (non-hydrogen) atoms. The zero-order valence-corrected chi connectivity index (χ0v) is 13.3. The SMILES string of the molecule is CCOC(=O)c1ccc(I)cc1[Si](C)(C)C. The van der Waals surface area contributed by atoms with Gasteiger partial charge in [-0.3, -0.25) is 0 Å². The lowest BCUT2D eigenvalue weighted by Crippen LogP contribution is -2.41. The minimum Gasteiger partial charge on any atom is -0.462 e. The molecule has 1 aromatic carbocycles. The van der Waals surface area contributed by atoms with Crippen LogP contribution in [0.2, 0.25) is 19.6 Å². The van der Waals surface area contributed by atoms with Crippen molar-refractivity contribution < 1.29 is 9.53 Å². The van der Waals surface area contributed by atoms with Gasteiger partial charge in [0.25, 0.3) is 0 Å². The summed E-state index contributed by atoms with van der Waals surface area (Å²) in [5.74, 6) is -0.198. The van der Waals surface area contributed by atoms with Crippen LogP contribution in [0.1, 0.15) is 17.3 Å². The zero-order valence-electron chi connectivity index (χ0n) is 10.1. The van der Waals surface area contributed by atoms with Crippen molar-refractivity contribution in [1.82, 2.24) is 0 Å². The molecule has 2 nitrogen and oxygen atoms in total. The van der Waals surface area contributed by atoms with Gasteiger partial charge in [-0.15, -0.1) is 0 Å². The number of carbonyl (C=O) groups is 1. The van der Waals surface area contributed by atoms with Crippen molar-refractivity contribution in [1.29, 1.82) is 0 Å². The first-order valence-electron chi connectivity index (χ1n) is 5.33. The monoisotopic (exact) mass is 348 g/mol. The van der Waals surface area contributed by atoms with E-state index in [1.807, 2.05) is 19.1 Å². The standard InChI is InChI=1S/C12H17IO2Si/c1-5-15-12(14)10-7-6-9(13)8-11(10)16(2,3)4/h6-8H,5H2,1-4H3. The molecule has 0 amide bonds. The van der Waals surface area contributed by atoms with Crippen LogP contribution in [0.15, 0.2) is 18.2 Å². The number of ether oxygens (including phenoxy) is 1. The predicted molar refractivity (Wildman–Crippen MR) is 78.1 cm³/mol. The van der Waals surface area contributed by atoms with E-state index in [1.165, 1.54) is 8.76 Å². The summed E-state index contributed by atoms with van der Waals surface area (Å²) >= 11 is 2.28. The molecule has 1 rings (SSSR count). The van der Waals surface area contributed by atoms with Gasteiger partial charge in [-0.1, -0.05) is 19.6 Å². The van der Waals surface area contributed by atoms with E-state index in [4.69, 9.17) is 4.74 Å². The topological polar surface area (TPSA) is 26.3 Å². The Kier molecular flexibility index (Phi) is 4.55. The molecule has 0 aliphatic rings. The Balaban J connectivity index is 3.23. The fourth-order valence-corrected chi connectivity index (χ4v) is 3.89. The Morgan fingerprint density at radius 1 is 1.38 bits per heavy atom. The second-order valence-corrected chi connectivity index (χ2v) is 10.9. The van der Waals surface area contributed by atoms with Gasteiger partial charge < -0.3 is 4.74 Å². The molecule has 0 fully saturated rings. The predicted octanol–water partition coefficient (Wildman–Crippen LogP) is 3.01. The molecule has 0 aliphatic carbocycles. The minimum absolute atomic E-state index is 0.198. The molecule has 0 spiro atoms. The lowest BCUT2D eigenvalue weighted by atomic mass is 10.2. The molecule has 1 aromatic rings. The maximum absolute atomic E-state index is 11.8. The molecule has 4 heteroatoms. The third-order valence-corrected chi connectivity index (χ3v) is 4.99. The quantitative estimate of drug-likeness (QED) is 0.477. The van der Waals surface area contributed by atoms with Crippen LogP contribution in [0, 0.1) is 3.57 Å². The Bertz CT molecular complexity index is 396. The largest absolute Gasteiger partial charge is 0.462 e. The van der Waals surface area contributed by atoms with Gasteiger partial charge in [-0.2, -0.15) is 0 Å². The number of esters is 1. The number of carbonyl (C=O) groups excluding carboxylic acids is 1. The maximum Gasteiger partial charge on any atom is 0.337 e. The second-order valence-electron chi connectivity index (χ2n) is 4.66. The number of rotatable bonds is 3. The van der Waals surface area contributed by atoms with Crippen molar-refractivity contribution in [2.75, 3.05) is 6.61 Å². The molecule has 0 atom stereocenters. The van der Waals surface area contributed by atoms with Gasteiger partial charge in [0.15, 0.2) is 0 Å². The van der Waals surface area contributed by atoms with Gasteiger partial charge in [0.1, 0.15) is 0 Å². The van der Waals surface area contributed by atoms with Crippen LogP contribution in [-0.4, -0.2) is 20.7 Å². The minimum atomic E-state index is -1.51. The fraction of sp³-hybridized carbons (Fsp3) is 0.417. The van der Waals surface area contributed by atoms with E-state index in [2.05, 4.69) is 48.3 Å². The summed E-state index contributed by atoms with van der Waals surface area (Å²) in [5, 5.41) is 1.18. The zero-order chi connectivity index (χ0) is 12.3. The van der Waals surface area contributed by atoms with Gasteiger partial charge in [-0.05, 0) is 52.9 Å². The molecular formula is C12H17IO2Si. The highest BCUT2D eigenvalue weighted by atomic mass is 127. The van der Waals surface area contributed by atoms with Crippen molar-refractivity contribution in [3.63, 3.8) is 0 Å². The first kappa shape index (κ1) is 13.7. The molecule has 0 unspecified atom stereocenters. The molecular weight excluding hydrogens is 331 g/mol. The van der Waals surface area contributed by atoms with E-state index in [0.717, 1.165) is 5.56 Å². The molecule has 88 valence electrons. The van der Waals surface area contributed by atoms with E-state index in [1.54, 1.807) is 0 Å². The van der Waals surface area contributed by atoms with E-state index in [-0.39, 0.29) is 5.97 Å².